The van der Waals surface area contributed by atoms with Crippen molar-refractivity contribution in [3.05, 3.63) is 16.4 Å². The van der Waals surface area contributed by atoms with E-state index in [2.05, 4.69) is 25.3 Å². The molecule has 4 aliphatic heterocycles. The van der Waals surface area contributed by atoms with Crippen molar-refractivity contribution < 1.29 is 9.23 Å². The lowest BCUT2D eigenvalue weighted by Crippen LogP contribution is -2.59. The summed E-state index contributed by atoms with van der Waals surface area (Å²) in [5.74, 6) is 1.12. The van der Waals surface area contributed by atoms with Gasteiger partial charge >= 0.3 is 0 Å². The van der Waals surface area contributed by atoms with Gasteiger partial charge in [0, 0.05) is 19.2 Å². The van der Waals surface area contributed by atoms with E-state index >= 15 is 0 Å². The number of hydroxylamine groups is 1. The molecular formula is C15H15ClFN5OS. The monoisotopic (exact) mass is 367 g/mol. The van der Waals surface area contributed by atoms with Crippen LogP contribution in [0.1, 0.15) is 19.3 Å². The summed E-state index contributed by atoms with van der Waals surface area (Å²) in [7, 11) is 0. The van der Waals surface area contributed by atoms with Gasteiger partial charge in [0.1, 0.15) is 20.6 Å². The fourth-order valence-electron chi connectivity index (χ4n) is 4.02. The summed E-state index contributed by atoms with van der Waals surface area (Å²) in [6.45, 7) is 3.26. The van der Waals surface area contributed by atoms with Crippen molar-refractivity contribution >= 4 is 44.9 Å². The molecule has 0 saturated carbocycles. The van der Waals surface area contributed by atoms with Gasteiger partial charge in [-0.05, 0) is 31.8 Å². The quantitative estimate of drug-likeness (QED) is 0.839. The fourth-order valence-corrected chi connectivity index (χ4v) is 5.08. The number of halogens is 2. The van der Waals surface area contributed by atoms with Crippen molar-refractivity contribution in [2.75, 3.05) is 19.6 Å². The van der Waals surface area contributed by atoms with Crippen LogP contribution in [0.4, 0.5) is 10.3 Å². The van der Waals surface area contributed by atoms with Crippen molar-refractivity contribution in [3.63, 3.8) is 0 Å². The van der Waals surface area contributed by atoms with E-state index < -0.39 is 5.82 Å². The van der Waals surface area contributed by atoms with Crippen LogP contribution in [0, 0.1) is 11.7 Å². The standard InChI is InChI=1S/C15H15ClFN5OS/c16-12-11(17)9-6-18-14(20-13(9)24-12)19-10-5-15(23-21-10)7-22-3-1-8(15)2-4-22/h6,8H,1-5,7H2,(H,18,19,20,21). The molecule has 2 aromatic heterocycles. The molecule has 6 nitrogen and oxygen atoms in total. The second-order valence-corrected chi connectivity index (χ2v) is 8.23. The highest BCUT2D eigenvalue weighted by atomic mass is 35.5. The Kier molecular flexibility index (Phi) is 3.31. The van der Waals surface area contributed by atoms with Gasteiger partial charge in [-0.3, -0.25) is 10.3 Å². The smallest absolute Gasteiger partial charge is 0.252 e. The summed E-state index contributed by atoms with van der Waals surface area (Å²) in [5, 5.41) is 0.332. The number of amidine groups is 1. The molecule has 1 unspecified atom stereocenters. The predicted octanol–water partition coefficient (Wildman–Crippen LogP) is 2.90. The SMILES string of the molecule is Fc1c(Cl)sc2nc(/N=C3/CC4(CN5CCC4CC5)ON3)ncc12. The summed E-state index contributed by atoms with van der Waals surface area (Å²) in [6, 6.07) is 0. The summed E-state index contributed by atoms with van der Waals surface area (Å²) in [6.07, 6.45) is 4.50. The van der Waals surface area contributed by atoms with Crippen LogP contribution in [-0.2, 0) is 4.84 Å². The Morgan fingerprint density at radius 3 is 3.04 bits per heavy atom. The van der Waals surface area contributed by atoms with Gasteiger partial charge in [0.15, 0.2) is 5.82 Å². The van der Waals surface area contributed by atoms with E-state index in [0.717, 1.165) is 43.2 Å². The summed E-state index contributed by atoms with van der Waals surface area (Å²) in [5.41, 5.74) is 2.78. The first-order chi connectivity index (χ1) is 11.6. The lowest BCUT2D eigenvalue weighted by Gasteiger charge is -2.49. The van der Waals surface area contributed by atoms with Crippen LogP contribution in [0.15, 0.2) is 11.2 Å². The normalized spacial score (nSPS) is 33.7. The molecule has 1 spiro atoms. The van der Waals surface area contributed by atoms with Crippen LogP contribution in [0.25, 0.3) is 10.2 Å². The summed E-state index contributed by atoms with van der Waals surface area (Å²) >= 11 is 6.91. The molecule has 1 N–H and O–H groups in total. The van der Waals surface area contributed by atoms with Crippen molar-refractivity contribution in [1.29, 1.82) is 0 Å². The summed E-state index contributed by atoms with van der Waals surface area (Å²) in [4.78, 5) is 21.8. The number of nitrogens with one attached hydrogen (secondary N) is 1. The maximum Gasteiger partial charge on any atom is 0.252 e. The van der Waals surface area contributed by atoms with Crippen LogP contribution in [-0.4, -0.2) is 45.9 Å². The van der Waals surface area contributed by atoms with E-state index in [1.165, 1.54) is 19.0 Å². The molecule has 4 aliphatic rings. The van der Waals surface area contributed by atoms with E-state index in [9.17, 15) is 4.39 Å². The molecule has 6 rings (SSSR count). The van der Waals surface area contributed by atoms with Crippen molar-refractivity contribution in [3.8, 4) is 0 Å². The number of aromatic nitrogens is 2. The highest BCUT2D eigenvalue weighted by molar-refractivity contribution is 7.22. The first-order valence-corrected chi connectivity index (χ1v) is 9.17. The van der Waals surface area contributed by atoms with Crippen LogP contribution < -0.4 is 5.48 Å². The second kappa shape index (κ2) is 5.32. The van der Waals surface area contributed by atoms with Crippen molar-refractivity contribution in [2.24, 2.45) is 10.9 Å². The van der Waals surface area contributed by atoms with Gasteiger partial charge in [-0.1, -0.05) is 11.6 Å². The number of nitrogens with zero attached hydrogens (tertiary/aromatic N) is 4. The van der Waals surface area contributed by atoms with Crippen LogP contribution in [0.5, 0.6) is 0 Å². The minimum Gasteiger partial charge on any atom is -0.300 e. The number of fused-ring (bicyclic) bond motifs is 3. The first kappa shape index (κ1) is 14.9. The molecule has 4 saturated heterocycles. The van der Waals surface area contributed by atoms with Gasteiger partial charge in [0.2, 0.25) is 0 Å². The molecule has 9 heteroatoms. The molecule has 0 aliphatic carbocycles. The average molecular weight is 368 g/mol. The Labute approximate surface area is 146 Å². The lowest BCUT2D eigenvalue weighted by molar-refractivity contribution is -0.150. The highest BCUT2D eigenvalue weighted by Gasteiger charge is 2.52. The minimum absolute atomic E-state index is 0.0951. The van der Waals surface area contributed by atoms with E-state index in [1.54, 1.807) is 0 Å². The van der Waals surface area contributed by atoms with Gasteiger partial charge in [-0.2, -0.15) is 9.98 Å². The molecule has 0 radical (unpaired) electrons. The van der Waals surface area contributed by atoms with E-state index in [4.69, 9.17) is 16.4 Å². The lowest BCUT2D eigenvalue weighted by atomic mass is 9.74. The van der Waals surface area contributed by atoms with Crippen molar-refractivity contribution in [1.82, 2.24) is 20.3 Å². The third-order valence-electron chi connectivity index (χ3n) is 5.23. The zero-order valence-electron chi connectivity index (χ0n) is 12.8. The van der Waals surface area contributed by atoms with E-state index in [-0.39, 0.29) is 9.94 Å². The third kappa shape index (κ3) is 2.24. The molecular weight excluding hydrogens is 353 g/mol. The maximum absolute atomic E-state index is 13.7. The zero-order valence-corrected chi connectivity index (χ0v) is 14.3. The fraction of sp³-hybridized carbons (Fsp3) is 0.533. The largest absolute Gasteiger partial charge is 0.300 e. The molecule has 4 fully saturated rings. The third-order valence-corrected chi connectivity index (χ3v) is 6.49. The van der Waals surface area contributed by atoms with E-state index in [0.29, 0.717) is 22.1 Å². The number of piperidine rings is 3. The molecule has 24 heavy (non-hydrogen) atoms. The molecule has 1 atom stereocenters. The van der Waals surface area contributed by atoms with Crippen molar-refractivity contribution in [2.45, 2.75) is 24.9 Å². The zero-order chi connectivity index (χ0) is 16.3. The Morgan fingerprint density at radius 2 is 2.29 bits per heavy atom. The Balaban J connectivity index is 1.43. The van der Waals surface area contributed by atoms with Crippen LogP contribution >= 0.6 is 22.9 Å². The Morgan fingerprint density at radius 1 is 1.46 bits per heavy atom. The highest BCUT2D eigenvalue weighted by Crippen LogP contribution is 2.42. The number of hydrogen-bond donors (Lipinski definition) is 1. The van der Waals surface area contributed by atoms with E-state index in [1.807, 2.05) is 0 Å². The molecule has 6 heterocycles. The average Bonchev–Trinajstić information content (AvgIpc) is 3.10. The van der Waals surface area contributed by atoms with Gasteiger partial charge in [-0.25, -0.2) is 9.37 Å². The number of rotatable bonds is 1. The molecule has 0 aromatic carbocycles. The Bertz CT molecular complexity index is 850. The van der Waals surface area contributed by atoms with Gasteiger partial charge < -0.3 is 4.90 Å². The molecule has 126 valence electrons. The summed E-state index contributed by atoms with van der Waals surface area (Å²) < 4.78 is 13.8. The molecule has 2 aromatic rings. The second-order valence-electron chi connectivity index (χ2n) is 6.63. The number of thiophene rings is 1. The van der Waals surface area contributed by atoms with Crippen LogP contribution in [0.2, 0.25) is 4.34 Å². The maximum atomic E-state index is 13.7. The first-order valence-electron chi connectivity index (χ1n) is 7.97. The number of hydrogen-bond acceptors (Lipinski definition) is 6. The minimum atomic E-state index is -0.468. The van der Waals surface area contributed by atoms with Crippen LogP contribution in [0.3, 0.4) is 0 Å². The Hall–Kier alpha value is -1.35. The van der Waals surface area contributed by atoms with Gasteiger partial charge in [-0.15, -0.1) is 11.3 Å². The number of aliphatic imine (C=N–C) groups is 1. The van der Waals surface area contributed by atoms with Gasteiger partial charge in [0.05, 0.1) is 5.39 Å². The molecule has 2 bridgehead atoms. The van der Waals surface area contributed by atoms with Gasteiger partial charge in [0.25, 0.3) is 5.95 Å². The molecule has 0 amide bonds. The predicted molar refractivity (Wildman–Crippen MR) is 90.2 cm³/mol. The topological polar surface area (TPSA) is 62.6 Å².